The zero-order valence-corrected chi connectivity index (χ0v) is 9.01. The lowest BCUT2D eigenvalue weighted by Gasteiger charge is -1.96. The monoisotopic (exact) mass is 229 g/mol. The SMILES string of the molecule is Nc1ccc2oc(NCc3ccco3)nc2c1. The van der Waals surface area contributed by atoms with Crippen molar-refractivity contribution in [3.05, 3.63) is 42.4 Å². The quantitative estimate of drug-likeness (QED) is 0.675. The first kappa shape index (κ1) is 9.77. The van der Waals surface area contributed by atoms with E-state index in [1.54, 1.807) is 24.5 Å². The van der Waals surface area contributed by atoms with Gasteiger partial charge in [-0.3, -0.25) is 0 Å². The lowest BCUT2D eigenvalue weighted by Crippen LogP contribution is -1.97. The van der Waals surface area contributed by atoms with Gasteiger partial charge in [0.25, 0.3) is 6.01 Å². The molecule has 3 aromatic rings. The maximum absolute atomic E-state index is 5.67. The van der Waals surface area contributed by atoms with Crippen LogP contribution in [-0.2, 0) is 6.54 Å². The van der Waals surface area contributed by atoms with E-state index in [0.717, 1.165) is 11.3 Å². The third-order valence-corrected chi connectivity index (χ3v) is 2.41. The van der Waals surface area contributed by atoms with Crippen molar-refractivity contribution in [3.63, 3.8) is 0 Å². The van der Waals surface area contributed by atoms with E-state index in [1.165, 1.54) is 0 Å². The normalized spacial score (nSPS) is 10.8. The topological polar surface area (TPSA) is 77.2 Å². The smallest absolute Gasteiger partial charge is 0.296 e. The summed E-state index contributed by atoms with van der Waals surface area (Å²) in [4.78, 5) is 4.27. The number of nitrogens with zero attached hydrogens (tertiary/aromatic N) is 1. The molecule has 0 aliphatic rings. The Morgan fingerprint density at radius 2 is 2.24 bits per heavy atom. The molecule has 0 aliphatic carbocycles. The molecule has 2 heterocycles. The van der Waals surface area contributed by atoms with E-state index in [9.17, 15) is 0 Å². The van der Waals surface area contributed by atoms with Crippen LogP contribution in [0.5, 0.6) is 0 Å². The molecule has 0 saturated heterocycles. The number of rotatable bonds is 3. The molecule has 0 radical (unpaired) electrons. The van der Waals surface area contributed by atoms with Crippen molar-refractivity contribution in [1.29, 1.82) is 0 Å². The number of fused-ring (bicyclic) bond motifs is 1. The minimum Gasteiger partial charge on any atom is -0.467 e. The lowest BCUT2D eigenvalue weighted by atomic mass is 10.3. The van der Waals surface area contributed by atoms with E-state index in [2.05, 4.69) is 10.3 Å². The van der Waals surface area contributed by atoms with Crippen LogP contribution in [0.2, 0.25) is 0 Å². The number of anilines is 2. The molecule has 0 atom stereocenters. The van der Waals surface area contributed by atoms with Gasteiger partial charge in [0.15, 0.2) is 5.58 Å². The number of aromatic nitrogens is 1. The number of nitrogen functional groups attached to an aromatic ring is 1. The summed E-state index contributed by atoms with van der Waals surface area (Å²) in [6.45, 7) is 0.537. The van der Waals surface area contributed by atoms with Gasteiger partial charge in [-0.05, 0) is 30.3 Å². The molecule has 0 spiro atoms. The number of hydrogen-bond acceptors (Lipinski definition) is 5. The lowest BCUT2D eigenvalue weighted by molar-refractivity contribution is 0.513. The number of nitrogens with two attached hydrogens (primary N) is 1. The van der Waals surface area contributed by atoms with Gasteiger partial charge in [0, 0.05) is 5.69 Å². The zero-order valence-electron chi connectivity index (χ0n) is 9.01. The van der Waals surface area contributed by atoms with Crippen LogP contribution in [-0.4, -0.2) is 4.98 Å². The first-order valence-electron chi connectivity index (χ1n) is 5.23. The average molecular weight is 229 g/mol. The molecule has 0 saturated carbocycles. The van der Waals surface area contributed by atoms with Gasteiger partial charge in [-0.15, -0.1) is 0 Å². The van der Waals surface area contributed by atoms with E-state index in [4.69, 9.17) is 14.6 Å². The van der Waals surface area contributed by atoms with Crippen molar-refractivity contribution in [2.75, 3.05) is 11.1 Å². The van der Waals surface area contributed by atoms with E-state index in [-0.39, 0.29) is 0 Å². The van der Waals surface area contributed by atoms with Crippen molar-refractivity contribution < 1.29 is 8.83 Å². The summed E-state index contributed by atoms with van der Waals surface area (Å²) in [5, 5.41) is 3.04. The second kappa shape index (κ2) is 3.86. The van der Waals surface area contributed by atoms with Crippen LogP contribution in [0.15, 0.2) is 45.4 Å². The first-order valence-corrected chi connectivity index (χ1v) is 5.23. The van der Waals surface area contributed by atoms with Crippen molar-refractivity contribution in [2.24, 2.45) is 0 Å². The van der Waals surface area contributed by atoms with Crippen molar-refractivity contribution in [1.82, 2.24) is 4.98 Å². The summed E-state index contributed by atoms with van der Waals surface area (Å²) in [6.07, 6.45) is 1.63. The Kier molecular flexibility index (Phi) is 2.22. The fourth-order valence-electron chi connectivity index (χ4n) is 1.60. The van der Waals surface area contributed by atoms with Crippen LogP contribution in [0.25, 0.3) is 11.1 Å². The molecule has 0 aliphatic heterocycles. The maximum Gasteiger partial charge on any atom is 0.296 e. The molecule has 0 amide bonds. The van der Waals surface area contributed by atoms with E-state index < -0.39 is 0 Å². The predicted octanol–water partition coefficient (Wildman–Crippen LogP) is 2.62. The number of nitrogens with one attached hydrogen (secondary N) is 1. The molecule has 1 aromatic carbocycles. The second-order valence-corrected chi connectivity index (χ2v) is 3.68. The number of hydrogen-bond donors (Lipinski definition) is 2. The maximum atomic E-state index is 5.67. The summed E-state index contributed by atoms with van der Waals surface area (Å²) in [5.74, 6) is 0.826. The number of oxazole rings is 1. The highest BCUT2D eigenvalue weighted by molar-refractivity contribution is 5.78. The summed E-state index contributed by atoms with van der Waals surface area (Å²) >= 11 is 0. The van der Waals surface area contributed by atoms with Crippen LogP contribution >= 0.6 is 0 Å². The van der Waals surface area contributed by atoms with Gasteiger partial charge in [0.2, 0.25) is 0 Å². The molecular formula is C12H11N3O2. The molecule has 2 aromatic heterocycles. The third-order valence-electron chi connectivity index (χ3n) is 2.41. The number of benzene rings is 1. The van der Waals surface area contributed by atoms with Gasteiger partial charge >= 0.3 is 0 Å². The van der Waals surface area contributed by atoms with E-state index >= 15 is 0 Å². The largest absolute Gasteiger partial charge is 0.467 e. The molecular weight excluding hydrogens is 218 g/mol. The molecule has 3 N–H and O–H groups in total. The van der Waals surface area contributed by atoms with Crippen LogP contribution in [0.4, 0.5) is 11.7 Å². The Bertz CT molecular complexity index is 628. The fourth-order valence-corrected chi connectivity index (χ4v) is 1.60. The Morgan fingerprint density at radius 3 is 3.06 bits per heavy atom. The van der Waals surface area contributed by atoms with Crippen molar-refractivity contribution >= 4 is 22.8 Å². The number of furan rings is 1. The Labute approximate surface area is 97.2 Å². The first-order chi connectivity index (χ1) is 8.31. The standard InChI is InChI=1S/C12H11N3O2/c13-8-3-4-11-10(6-8)15-12(17-11)14-7-9-2-1-5-16-9/h1-6H,7,13H2,(H,14,15). The predicted molar refractivity (Wildman–Crippen MR) is 64.5 cm³/mol. The molecule has 5 nitrogen and oxygen atoms in total. The van der Waals surface area contributed by atoms with Crippen LogP contribution < -0.4 is 11.1 Å². The molecule has 17 heavy (non-hydrogen) atoms. The summed E-state index contributed by atoms with van der Waals surface area (Å²) in [7, 11) is 0. The van der Waals surface area contributed by atoms with Gasteiger partial charge in [0.05, 0.1) is 12.8 Å². The minimum atomic E-state index is 0.460. The molecule has 0 bridgehead atoms. The van der Waals surface area contributed by atoms with Crippen molar-refractivity contribution in [3.8, 4) is 0 Å². The Hall–Kier alpha value is -2.43. The second-order valence-electron chi connectivity index (χ2n) is 3.68. The van der Waals surface area contributed by atoms with Crippen LogP contribution in [0, 0.1) is 0 Å². The fraction of sp³-hybridized carbons (Fsp3) is 0.0833. The van der Waals surface area contributed by atoms with Gasteiger partial charge in [0.1, 0.15) is 11.3 Å². The average Bonchev–Trinajstić information content (AvgIpc) is 2.94. The van der Waals surface area contributed by atoms with Crippen molar-refractivity contribution in [2.45, 2.75) is 6.54 Å². The molecule has 0 unspecified atom stereocenters. The molecule has 0 fully saturated rings. The third kappa shape index (κ3) is 1.94. The highest BCUT2D eigenvalue weighted by atomic mass is 16.4. The summed E-state index contributed by atoms with van der Waals surface area (Å²) < 4.78 is 10.7. The highest BCUT2D eigenvalue weighted by Gasteiger charge is 2.05. The summed E-state index contributed by atoms with van der Waals surface area (Å²) in [5.41, 5.74) is 7.79. The Morgan fingerprint density at radius 1 is 1.29 bits per heavy atom. The van der Waals surface area contributed by atoms with Gasteiger partial charge < -0.3 is 19.9 Å². The van der Waals surface area contributed by atoms with Gasteiger partial charge in [-0.1, -0.05) is 0 Å². The zero-order chi connectivity index (χ0) is 11.7. The highest BCUT2D eigenvalue weighted by Crippen LogP contribution is 2.21. The van der Waals surface area contributed by atoms with Crippen LogP contribution in [0.3, 0.4) is 0 Å². The molecule has 86 valence electrons. The van der Waals surface area contributed by atoms with Gasteiger partial charge in [-0.2, -0.15) is 4.98 Å². The van der Waals surface area contributed by atoms with E-state index in [1.807, 2.05) is 12.1 Å². The molecule has 5 heteroatoms. The van der Waals surface area contributed by atoms with Crippen LogP contribution in [0.1, 0.15) is 5.76 Å². The molecule has 3 rings (SSSR count). The van der Waals surface area contributed by atoms with E-state index in [0.29, 0.717) is 23.8 Å². The summed E-state index contributed by atoms with van der Waals surface area (Å²) in [6, 6.07) is 9.54. The Balaban J connectivity index is 1.81. The minimum absolute atomic E-state index is 0.460. The van der Waals surface area contributed by atoms with Gasteiger partial charge in [-0.25, -0.2) is 0 Å².